The molecule has 158 valence electrons. The Morgan fingerprint density at radius 1 is 1.32 bits per heavy atom. The van der Waals surface area contributed by atoms with Crippen molar-refractivity contribution in [1.82, 2.24) is 15.1 Å². The molecule has 8 heteroatoms. The smallest absolute Gasteiger partial charge is 0.243 e. The molecule has 1 aromatic carbocycles. The summed E-state index contributed by atoms with van der Waals surface area (Å²) < 4.78 is 19.3. The van der Waals surface area contributed by atoms with Gasteiger partial charge in [0.25, 0.3) is 0 Å². The lowest BCUT2D eigenvalue weighted by atomic mass is 10.1. The predicted octanol–water partition coefficient (Wildman–Crippen LogP) is 3.04. The number of amides is 1. The zero-order valence-corrected chi connectivity index (χ0v) is 19.5. The first kappa shape index (κ1) is 24.6. The number of benzene rings is 1. The molecule has 1 aliphatic heterocycles. The molecular weight excluding hydrogens is 474 g/mol. The highest BCUT2D eigenvalue weighted by atomic mass is 127. The maximum atomic E-state index is 13.2. The van der Waals surface area contributed by atoms with E-state index in [9.17, 15) is 9.18 Å². The molecule has 6 nitrogen and oxygen atoms in total. The van der Waals surface area contributed by atoms with Crippen LogP contribution in [0.2, 0.25) is 0 Å². The number of hydrogen-bond donors (Lipinski definition) is 1. The van der Waals surface area contributed by atoms with Crippen molar-refractivity contribution in [2.24, 2.45) is 4.99 Å². The van der Waals surface area contributed by atoms with Crippen molar-refractivity contribution in [3.05, 3.63) is 35.6 Å². The van der Waals surface area contributed by atoms with Gasteiger partial charge in [-0.3, -0.25) is 4.79 Å². The van der Waals surface area contributed by atoms with Crippen molar-refractivity contribution in [1.29, 1.82) is 0 Å². The lowest BCUT2D eigenvalue weighted by Gasteiger charge is -2.39. The van der Waals surface area contributed by atoms with Gasteiger partial charge in [0, 0.05) is 27.2 Å². The number of hydrogen-bond acceptors (Lipinski definition) is 3. The molecule has 0 spiro atoms. The SMILES string of the molecule is CCCCNC(=NCC(=O)N(C)C)N1CC(C)OC(c2ccc(F)cc2)C1.I. The summed E-state index contributed by atoms with van der Waals surface area (Å²) in [5.41, 5.74) is 0.935. The van der Waals surface area contributed by atoms with Gasteiger partial charge in [-0.2, -0.15) is 0 Å². The first-order valence-electron chi connectivity index (χ1n) is 9.55. The molecule has 1 N–H and O–H groups in total. The van der Waals surface area contributed by atoms with Crippen LogP contribution in [0.3, 0.4) is 0 Å². The predicted molar refractivity (Wildman–Crippen MR) is 121 cm³/mol. The number of aliphatic imine (C=N–C) groups is 1. The van der Waals surface area contributed by atoms with Crippen LogP contribution in [-0.4, -0.2) is 68.0 Å². The third-order valence-electron chi connectivity index (χ3n) is 4.48. The summed E-state index contributed by atoms with van der Waals surface area (Å²) in [6.45, 7) is 6.34. The van der Waals surface area contributed by atoms with E-state index in [1.807, 2.05) is 6.92 Å². The van der Waals surface area contributed by atoms with Crippen LogP contribution in [0.5, 0.6) is 0 Å². The minimum atomic E-state index is -0.259. The standard InChI is InChI=1S/C20H31FN4O2.HI/c1-5-6-11-22-20(23-12-19(26)24(3)4)25-13-15(2)27-18(14-25)16-7-9-17(21)10-8-16;/h7-10,15,18H,5-6,11-14H2,1-4H3,(H,22,23);1H. The summed E-state index contributed by atoms with van der Waals surface area (Å²) in [6, 6.07) is 6.42. The number of halogens is 2. The van der Waals surface area contributed by atoms with Gasteiger partial charge in [0.05, 0.1) is 12.6 Å². The number of nitrogens with one attached hydrogen (secondary N) is 1. The topological polar surface area (TPSA) is 57.2 Å². The minimum absolute atomic E-state index is 0. The van der Waals surface area contributed by atoms with Gasteiger partial charge in [-0.1, -0.05) is 25.5 Å². The molecule has 2 unspecified atom stereocenters. The molecule has 0 aromatic heterocycles. The number of unbranched alkanes of at least 4 members (excludes halogenated alkanes) is 1. The molecule has 2 rings (SSSR count). The van der Waals surface area contributed by atoms with E-state index >= 15 is 0 Å². The second-order valence-electron chi connectivity index (χ2n) is 7.10. The highest BCUT2D eigenvalue weighted by Crippen LogP contribution is 2.25. The number of rotatable bonds is 6. The number of carbonyl (C=O) groups excluding carboxylic acids is 1. The summed E-state index contributed by atoms with van der Waals surface area (Å²) in [5, 5.41) is 3.38. The number of ether oxygens (including phenoxy) is 1. The molecule has 0 radical (unpaired) electrons. The summed E-state index contributed by atoms with van der Waals surface area (Å²) in [7, 11) is 3.45. The third kappa shape index (κ3) is 7.54. The Labute approximate surface area is 184 Å². The third-order valence-corrected chi connectivity index (χ3v) is 4.48. The van der Waals surface area contributed by atoms with E-state index in [1.54, 1.807) is 26.2 Å². The lowest BCUT2D eigenvalue weighted by molar-refractivity contribution is -0.127. The Hall–Kier alpha value is -1.42. The summed E-state index contributed by atoms with van der Waals surface area (Å²) >= 11 is 0. The average molecular weight is 506 g/mol. The second-order valence-corrected chi connectivity index (χ2v) is 7.10. The van der Waals surface area contributed by atoms with Crippen LogP contribution in [0.15, 0.2) is 29.3 Å². The molecule has 1 heterocycles. The zero-order chi connectivity index (χ0) is 19.8. The summed E-state index contributed by atoms with van der Waals surface area (Å²) in [4.78, 5) is 20.2. The van der Waals surface area contributed by atoms with Crippen LogP contribution >= 0.6 is 24.0 Å². The molecule has 0 aliphatic carbocycles. The minimum Gasteiger partial charge on any atom is -0.367 e. The van der Waals surface area contributed by atoms with E-state index in [2.05, 4.69) is 22.1 Å². The Bertz CT molecular complexity index is 640. The van der Waals surface area contributed by atoms with Crippen LogP contribution < -0.4 is 5.32 Å². The largest absolute Gasteiger partial charge is 0.367 e. The number of carbonyl (C=O) groups is 1. The Kier molecular flexibility index (Phi) is 10.7. The normalized spacial score (nSPS) is 19.8. The van der Waals surface area contributed by atoms with Gasteiger partial charge in [0.2, 0.25) is 5.91 Å². The molecule has 1 fully saturated rings. The highest BCUT2D eigenvalue weighted by Gasteiger charge is 2.28. The van der Waals surface area contributed by atoms with Crippen molar-refractivity contribution >= 4 is 35.8 Å². The quantitative estimate of drug-likeness (QED) is 0.279. The van der Waals surface area contributed by atoms with Crippen molar-refractivity contribution in [3.63, 3.8) is 0 Å². The van der Waals surface area contributed by atoms with E-state index in [0.717, 1.165) is 30.9 Å². The van der Waals surface area contributed by atoms with E-state index < -0.39 is 0 Å². The lowest BCUT2D eigenvalue weighted by Crippen LogP contribution is -2.51. The number of morpholine rings is 1. The fraction of sp³-hybridized carbons (Fsp3) is 0.600. The van der Waals surface area contributed by atoms with Gasteiger partial charge in [-0.25, -0.2) is 9.38 Å². The number of nitrogens with zero attached hydrogens (tertiary/aromatic N) is 3. The Balaban J connectivity index is 0.00000392. The van der Waals surface area contributed by atoms with Gasteiger partial charge in [-0.15, -0.1) is 24.0 Å². The first-order chi connectivity index (χ1) is 12.9. The van der Waals surface area contributed by atoms with E-state index in [1.165, 1.54) is 17.0 Å². The fourth-order valence-corrected chi connectivity index (χ4v) is 2.91. The molecule has 0 saturated carbocycles. The van der Waals surface area contributed by atoms with Gasteiger partial charge < -0.3 is 19.9 Å². The van der Waals surface area contributed by atoms with Crippen LogP contribution in [0.25, 0.3) is 0 Å². The molecule has 28 heavy (non-hydrogen) atoms. The van der Waals surface area contributed by atoms with Crippen LogP contribution in [0.4, 0.5) is 4.39 Å². The fourth-order valence-electron chi connectivity index (χ4n) is 2.91. The van der Waals surface area contributed by atoms with Crippen molar-refractivity contribution in [2.75, 3.05) is 40.3 Å². The molecular formula is C20H32FIN4O2. The number of likely N-dealkylation sites (N-methyl/N-ethyl adjacent to an activating group) is 1. The maximum Gasteiger partial charge on any atom is 0.243 e. The van der Waals surface area contributed by atoms with Gasteiger partial charge in [-0.05, 0) is 31.0 Å². The van der Waals surface area contributed by atoms with E-state index in [0.29, 0.717) is 13.1 Å². The molecule has 0 bridgehead atoms. The first-order valence-corrected chi connectivity index (χ1v) is 9.55. The molecule has 1 saturated heterocycles. The van der Waals surface area contributed by atoms with Crippen LogP contribution in [0, 0.1) is 5.82 Å². The van der Waals surface area contributed by atoms with Crippen molar-refractivity contribution < 1.29 is 13.9 Å². The highest BCUT2D eigenvalue weighted by molar-refractivity contribution is 14.0. The Morgan fingerprint density at radius 3 is 2.61 bits per heavy atom. The molecule has 1 amide bonds. The monoisotopic (exact) mass is 506 g/mol. The molecule has 1 aromatic rings. The molecule has 2 atom stereocenters. The second kappa shape index (κ2) is 12.2. The van der Waals surface area contributed by atoms with Crippen molar-refractivity contribution in [3.8, 4) is 0 Å². The van der Waals surface area contributed by atoms with Crippen LogP contribution in [0.1, 0.15) is 38.4 Å². The van der Waals surface area contributed by atoms with Crippen LogP contribution in [-0.2, 0) is 9.53 Å². The van der Waals surface area contributed by atoms with Gasteiger partial charge in [0.1, 0.15) is 18.5 Å². The van der Waals surface area contributed by atoms with Gasteiger partial charge >= 0.3 is 0 Å². The van der Waals surface area contributed by atoms with Gasteiger partial charge in [0.15, 0.2) is 5.96 Å². The van der Waals surface area contributed by atoms with E-state index in [-0.39, 0.29) is 54.5 Å². The van der Waals surface area contributed by atoms with Crippen molar-refractivity contribution in [2.45, 2.75) is 38.9 Å². The summed E-state index contributed by atoms with van der Waals surface area (Å²) in [5.74, 6) is 0.423. The molecule has 1 aliphatic rings. The zero-order valence-electron chi connectivity index (χ0n) is 17.2. The Morgan fingerprint density at radius 2 is 2.00 bits per heavy atom. The maximum absolute atomic E-state index is 13.2. The average Bonchev–Trinajstić information content (AvgIpc) is 2.64. The summed E-state index contributed by atoms with van der Waals surface area (Å²) in [6.07, 6.45) is 1.94. The number of guanidine groups is 1. The van der Waals surface area contributed by atoms with E-state index in [4.69, 9.17) is 4.74 Å².